The number of hydrogen-bond acceptors (Lipinski definition) is 4. The van der Waals surface area contributed by atoms with Crippen LogP contribution in [0.15, 0.2) is 78.6 Å². The average Bonchev–Trinajstić information content (AvgIpc) is 2.96. The number of hydrogen-bond donors (Lipinski definition) is 1. The van der Waals surface area contributed by atoms with Crippen molar-refractivity contribution < 1.29 is 23.8 Å². The molecule has 3 aliphatic rings. The molecule has 33 heavy (non-hydrogen) atoms. The Morgan fingerprint density at radius 3 is 2.58 bits per heavy atom. The molecule has 1 fully saturated rings. The largest absolute Gasteiger partial charge is 0.508 e. The molecule has 3 atom stereocenters. The number of benzene rings is 2. The van der Waals surface area contributed by atoms with E-state index in [2.05, 4.69) is 6.58 Å². The van der Waals surface area contributed by atoms with Gasteiger partial charge >= 0.3 is 0 Å². The summed E-state index contributed by atoms with van der Waals surface area (Å²) < 4.78 is 19.2. The van der Waals surface area contributed by atoms with Gasteiger partial charge < -0.3 is 9.84 Å². The van der Waals surface area contributed by atoms with Crippen molar-refractivity contribution in [2.75, 3.05) is 4.90 Å². The number of fused-ring (bicyclic) bond motifs is 2. The Morgan fingerprint density at radius 1 is 1.15 bits per heavy atom. The van der Waals surface area contributed by atoms with Crippen molar-refractivity contribution in [2.45, 2.75) is 22.6 Å². The zero-order valence-corrected chi connectivity index (χ0v) is 18.7. The molecule has 5 rings (SSSR count). The molecule has 0 bridgehead atoms. The maximum absolute atomic E-state index is 13.8. The second kappa shape index (κ2) is 7.47. The second-order valence-electron chi connectivity index (χ2n) is 8.26. The Labute approximate surface area is 199 Å². The van der Waals surface area contributed by atoms with Crippen molar-refractivity contribution in [3.63, 3.8) is 0 Å². The normalized spacial score (nSPS) is 28.5. The molecule has 0 saturated carbocycles. The van der Waals surface area contributed by atoms with E-state index >= 15 is 0 Å². The zero-order chi connectivity index (χ0) is 23.5. The van der Waals surface area contributed by atoms with Crippen LogP contribution >= 0.6 is 23.2 Å². The van der Waals surface area contributed by atoms with Gasteiger partial charge in [0, 0.05) is 17.9 Å². The molecule has 8 heteroatoms. The van der Waals surface area contributed by atoms with Crippen LogP contribution < -0.4 is 9.64 Å². The summed E-state index contributed by atoms with van der Waals surface area (Å²) in [7, 11) is 0. The smallest absolute Gasteiger partial charge is 0.258 e. The minimum Gasteiger partial charge on any atom is -0.508 e. The van der Waals surface area contributed by atoms with E-state index in [0.717, 1.165) is 17.0 Å². The highest BCUT2D eigenvalue weighted by molar-refractivity contribution is 6.58. The molecule has 3 unspecified atom stereocenters. The number of ether oxygens (including phenoxy) is 1. The number of imide groups is 1. The molecule has 2 heterocycles. The number of nitrogens with zero attached hydrogens (tertiary/aromatic N) is 1. The molecule has 1 N–H and O–H groups in total. The zero-order valence-electron chi connectivity index (χ0n) is 17.2. The number of allylic oxidation sites excluding steroid dienone is 4. The van der Waals surface area contributed by atoms with Crippen LogP contribution in [0.1, 0.15) is 12.0 Å². The van der Waals surface area contributed by atoms with Crippen molar-refractivity contribution in [1.82, 2.24) is 0 Å². The quantitative estimate of drug-likeness (QED) is 0.490. The molecule has 5 nitrogen and oxygen atoms in total. The molecular formula is C25H18Cl2FNO4. The van der Waals surface area contributed by atoms with E-state index in [-0.39, 0.29) is 17.9 Å². The minimum atomic E-state index is -1.87. The van der Waals surface area contributed by atoms with Crippen molar-refractivity contribution >= 4 is 40.7 Å². The van der Waals surface area contributed by atoms with Crippen molar-refractivity contribution in [3.05, 3.63) is 90.0 Å². The van der Waals surface area contributed by atoms with Gasteiger partial charge in [-0.05, 0) is 60.0 Å². The van der Waals surface area contributed by atoms with Crippen LogP contribution in [0.2, 0.25) is 0 Å². The highest BCUT2D eigenvalue weighted by Crippen LogP contribution is 2.59. The van der Waals surface area contributed by atoms with Crippen LogP contribution in [0.3, 0.4) is 0 Å². The van der Waals surface area contributed by atoms with Crippen LogP contribution in [0.4, 0.5) is 10.1 Å². The topological polar surface area (TPSA) is 66.8 Å². The summed E-state index contributed by atoms with van der Waals surface area (Å²) in [5, 5.41) is 9.90. The summed E-state index contributed by atoms with van der Waals surface area (Å²) in [4.78, 5) is 24.6. The third-order valence-electron chi connectivity index (χ3n) is 6.45. The third kappa shape index (κ3) is 2.97. The van der Waals surface area contributed by atoms with Gasteiger partial charge in [-0.2, -0.15) is 0 Å². The number of anilines is 1. The Morgan fingerprint density at radius 2 is 1.88 bits per heavy atom. The lowest BCUT2D eigenvalue weighted by atomic mass is 9.67. The molecule has 2 aliphatic heterocycles. The summed E-state index contributed by atoms with van der Waals surface area (Å²) in [5.74, 6) is -2.05. The van der Waals surface area contributed by atoms with E-state index in [0.29, 0.717) is 28.9 Å². The van der Waals surface area contributed by atoms with Gasteiger partial charge in [0.1, 0.15) is 17.3 Å². The number of phenolic OH excluding ortho intramolecular Hbond substituents is 1. The number of carbonyl (C=O) groups excluding carboxylic acids is 2. The second-order valence-corrected chi connectivity index (χ2v) is 9.50. The Kier molecular flexibility index (Phi) is 4.92. The number of carbonyl (C=O) groups is 2. The summed E-state index contributed by atoms with van der Waals surface area (Å²) in [6, 6.07) is 9.72. The first kappa shape index (κ1) is 21.7. The van der Waals surface area contributed by atoms with Crippen LogP contribution in [0.5, 0.6) is 11.5 Å². The van der Waals surface area contributed by atoms with Crippen molar-refractivity contribution in [2.24, 2.45) is 5.92 Å². The van der Waals surface area contributed by atoms with E-state index in [9.17, 15) is 19.1 Å². The monoisotopic (exact) mass is 485 g/mol. The van der Waals surface area contributed by atoms with Gasteiger partial charge in [0.05, 0.1) is 11.9 Å². The molecule has 0 aromatic heterocycles. The molecule has 1 aliphatic carbocycles. The fourth-order valence-corrected chi connectivity index (χ4v) is 5.70. The molecule has 0 spiro atoms. The number of rotatable bonds is 3. The first-order valence-corrected chi connectivity index (χ1v) is 11.0. The van der Waals surface area contributed by atoms with Crippen molar-refractivity contribution in [1.29, 1.82) is 0 Å². The average molecular weight is 486 g/mol. The van der Waals surface area contributed by atoms with Crippen LogP contribution in [0, 0.1) is 11.7 Å². The summed E-state index contributed by atoms with van der Waals surface area (Å²) >= 11 is 14.0. The van der Waals surface area contributed by atoms with Gasteiger partial charge in [-0.1, -0.05) is 18.7 Å². The minimum absolute atomic E-state index is 0.0175. The maximum atomic E-state index is 13.8. The molecule has 2 aromatic carbocycles. The highest BCUT2D eigenvalue weighted by Gasteiger charge is 2.73. The van der Waals surface area contributed by atoms with Gasteiger partial charge in [0.2, 0.25) is 0 Å². The van der Waals surface area contributed by atoms with Crippen LogP contribution in [0.25, 0.3) is 0 Å². The number of amides is 2. The molecular weight excluding hydrogens is 468 g/mol. The van der Waals surface area contributed by atoms with E-state index in [1.165, 1.54) is 24.5 Å². The SMILES string of the molecule is C=CC1=CCC2(Cl)C(=O)N(c3ccc(F)cc3)C(=O)C2(Cl)C1C1=COc2ccc(O)cc2C1. The standard InChI is InChI=1S/C25H18Cl2FNO4/c1-2-14-9-10-24(26)22(31)29(18-5-3-17(28)4-6-18)23(32)25(24,27)21(14)16-11-15-12-19(30)7-8-20(15)33-13-16/h2-9,12-13,21,30H,1,10-11H2. The number of aromatic hydroxyl groups is 1. The van der Waals surface area contributed by atoms with Crippen LogP contribution in [-0.2, 0) is 16.0 Å². The Hall–Kier alpha value is -3.09. The van der Waals surface area contributed by atoms with E-state index in [1.54, 1.807) is 24.3 Å². The molecule has 1 saturated heterocycles. The third-order valence-corrected chi connectivity index (χ3v) is 7.86. The lowest BCUT2D eigenvalue weighted by Gasteiger charge is -2.43. The highest BCUT2D eigenvalue weighted by atomic mass is 35.5. The Balaban J connectivity index is 1.63. The summed E-state index contributed by atoms with van der Waals surface area (Å²) in [5.41, 5.74) is 2.14. The lowest BCUT2D eigenvalue weighted by molar-refractivity contribution is -0.122. The maximum Gasteiger partial charge on any atom is 0.258 e. The number of halogens is 3. The summed E-state index contributed by atoms with van der Waals surface area (Å²) in [6.07, 6.45) is 5.18. The van der Waals surface area contributed by atoms with E-state index in [1.807, 2.05) is 0 Å². The molecule has 168 valence electrons. The van der Waals surface area contributed by atoms with Crippen molar-refractivity contribution in [3.8, 4) is 11.5 Å². The molecule has 2 aromatic rings. The van der Waals surface area contributed by atoms with Gasteiger partial charge in [-0.3, -0.25) is 9.59 Å². The van der Waals surface area contributed by atoms with Gasteiger partial charge in [0.25, 0.3) is 11.8 Å². The van der Waals surface area contributed by atoms with E-state index < -0.39 is 33.3 Å². The summed E-state index contributed by atoms with van der Waals surface area (Å²) in [6.45, 7) is 3.86. The molecule has 2 amide bonds. The first-order chi connectivity index (χ1) is 15.7. The Bertz CT molecular complexity index is 1270. The molecule has 0 radical (unpaired) electrons. The predicted molar refractivity (Wildman–Crippen MR) is 123 cm³/mol. The van der Waals surface area contributed by atoms with Gasteiger partial charge in [-0.25, -0.2) is 9.29 Å². The first-order valence-electron chi connectivity index (χ1n) is 10.2. The van der Waals surface area contributed by atoms with Crippen LogP contribution in [-0.4, -0.2) is 26.7 Å². The van der Waals surface area contributed by atoms with Gasteiger partial charge in [-0.15, -0.1) is 23.2 Å². The van der Waals surface area contributed by atoms with E-state index in [4.69, 9.17) is 27.9 Å². The fourth-order valence-electron chi connectivity index (χ4n) is 4.84. The number of alkyl halides is 2. The lowest BCUT2D eigenvalue weighted by Crippen LogP contribution is -2.56. The fraction of sp³-hybridized carbons (Fsp3) is 0.200. The predicted octanol–water partition coefficient (Wildman–Crippen LogP) is 5.01. The number of phenols is 1. The van der Waals surface area contributed by atoms with Gasteiger partial charge in [0.15, 0.2) is 9.75 Å².